The summed E-state index contributed by atoms with van der Waals surface area (Å²) in [5.74, 6) is 2.35. The van der Waals surface area contributed by atoms with Crippen LogP contribution in [0.25, 0.3) is 0 Å². The molecule has 0 saturated heterocycles. The molecular weight excluding hydrogens is 371 g/mol. The molecule has 0 spiro atoms. The number of hydrogen-bond acceptors (Lipinski definition) is 3. The van der Waals surface area contributed by atoms with Gasteiger partial charge in [-0.15, -0.1) is 10.2 Å². The van der Waals surface area contributed by atoms with Gasteiger partial charge in [0, 0.05) is 19.0 Å². The van der Waals surface area contributed by atoms with Crippen LogP contribution in [0.4, 0.5) is 0 Å². The van der Waals surface area contributed by atoms with Crippen molar-refractivity contribution in [2.75, 3.05) is 6.54 Å². The summed E-state index contributed by atoms with van der Waals surface area (Å²) in [4.78, 5) is 14.8. The molecule has 1 aromatic carbocycles. The smallest absolute Gasteiger partial charge is 0.256 e. The van der Waals surface area contributed by atoms with Crippen LogP contribution >= 0.6 is 23.2 Å². The fourth-order valence-corrected chi connectivity index (χ4v) is 4.55. The molecule has 4 rings (SSSR count). The summed E-state index contributed by atoms with van der Waals surface area (Å²) in [5.41, 5.74) is 0.437. The Kier molecular flexibility index (Phi) is 4.93. The first-order valence-electron chi connectivity index (χ1n) is 9.26. The van der Waals surface area contributed by atoms with Gasteiger partial charge in [0.25, 0.3) is 5.91 Å². The van der Waals surface area contributed by atoms with Gasteiger partial charge in [0.1, 0.15) is 5.82 Å². The van der Waals surface area contributed by atoms with Crippen LogP contribution in [0.3, 0.4) is 0 Å². The summed E-state index contributed by atoms with van der Waals surface area (Å²) in [6.45, 7) is 3.34. The lowest BCUT2D eigenvalue weighted by Gasteiger charge is -2.35. The second kappa shape index (κ2) is 7.20. The summed E-state index contributed by atoms with van der Waals surface area (Å²) in [6, 6.07) is 5.01. The Balaban J connectivity index is 1.60. The fraction of sp³-hybridized carbons (Fsp3) is 0.526. The molecule has 138 valence electrons. The highest BCUT2D eigenvalue weighted by atomic mass is 35.5. The lowest BCUT2D eigenvalue weighted by atomic mass is 9.88. The standard InChI is InChI=1S/C19H22Cl2N4O/c1-12-17-22-23-18(13-6-3-2-4-7-13)25(17)11-10-24(12)19(26)14-8-5-9-15(20)16(14)21/h5,8-9,12-13H,2-4,6-7,10-11H2,1H3/t12-/m1/s1. The van der Waals surface area contributed by atoms with Gasteiger partial charge in [-0.2, -0.15) is 0 Å². The van der Waals surface area contributed by atoms with Crippen LogP contribution in [-0.2, 0) is 6.54 Å². The topological polar surface area (TPSA) is 51.0 Å². The number of aromatic nitrogens is 3. The Bertz CT molecular complexity index is 829. The first kappa shape index (κ1) is 17.8. The summed E-state index contributed by atoms with van der Waals surface area (Å²) >= 11 is 12.3. The average Bonchev–Trinajstić information content (AvgIpc) is 3.09. The maximum absolute atomic E-state index is 13.0. The van der Waals surface area contributed by atoms with Crippen molar-refractivity contribution >= 4 is 29.1 Å². The lowest BCUT2D eigenvalue weighted by Crippen LogP contribution is -2.41. The Morgan fingerprint density at radius 1 is 1.08 bits per heavy atom. The van der Waals surface area contributed by atoms with Crippen molar-refractivity contribution in [2.45, 2.75) is 57.5 Å². The van der Waals surface area contributed by atoms with Crippen molar-refractivity contribution in [3.05, 3.63) is 45.5 Å². The molecule has 2 aromatic rings. The number of halogens is 2. The fourth-order valence-electron chi connectivity index (χ4n) is 4.17. The highest BCUT2D eigenvalue weighted by molar-refractivity contribution is 6.43. The van der Waals surface area contributed by atoms with Crippen LogP contribution in [0.2, 0.25) is 10.0 Å². The molecule has 1 aromatic heterocycles. The zero-order valence-electron chi connectivity index (χ0n) is 14.8. The average molecular weight is 393 g/mol. The number of carbonyl (C=O) groups is 1. The van der Waals surface area contributed by atoms with E-state index in [4.69, 9.17) is 23.2 Å². The van der Waals surface area contributed by atoms with Gasteiger partial charge >= 0.3 is 0 Å². The minimum atomic E-state index is -0.142. The van der Waals surface area contributed by atoms with E-state index in [1.165, 1.54) is 32.1 Å². The Labute approximate surface area is 163 Å². The molecule has 7 heteroatoms. The molecule has 1 saturated carbocycles. The summed E-state index contributed by atoms with van der Waals surface area (Å²) in [6.07, 6.45) is 6.22. The minimum absolute atomic E-state index is 0.113. The molecule has 1 fully saturated rings. The van der Waals surface area contributed by atoms with Gasteiger partial charge in [-0.25, -0.2) is 0 Å². The molecule has 5 nitrogen and oxygen atoms in total. The summed E-state index contributed by atoms with van der Waals surface area (Å²) < 4.78 is 2.23. The maximum Gasteiger partial charge on any atom is 0.256 e. The summed E-state index contributed by atoms with van der Waals surface area (Å²) in [7, 11) is 0. The van der Waals surface area contributed by atoms with E-state index in [0.29, 0.717) is 28.1 Å². The van der Waals surface area contributed by atoms with Gasteiger partial charge in [-0.1, -0.05) is 48.5 Å². The largest absolute Gasteiger partial charge is 0.327 e. The van der Waals surface area contributed by atoms with E-state index in [1.54, 1.807) is 18.2 Å². The van der Waals surface area contributed by atoms with Gasteiger partial charge in [-0.3, -0.25) is 4.79 Å². The van der Waals surface area contributed by atoms with Crippen molar-refractivity contribution in [2.24, 2.45) is 0 Å². The number of fused-ring (bicyclic) bond motifs is 1. The molecule has 0 radical (unpaired) electrons. The molecule has 0 bridgehead atoms. The van der Waals surface area contributed by atoms with Crippen LogP contribution in [0, 0.1) is 0 Å². The van der Waals surface area contributed by atoms with E-state index in [2.05, 4.69) is 14.8 Å². The molecule has 26 heavy (non-hydrogen) atoms. The monoisotopic (exact) mass is 392 g/mol. The molecule has 1 aliphatic carbocycles. The molecule has 1 atom stereocenters. The maximum atomic E-state index is 13.0. The van der Waals surface area contributed by atoms with E-state index in [9.17, 15) is 4.79 Å². The van der Waals surface area contributed by atoms with Gasteiger partial charge < -0.3 is 9.47 Å². The van der Waals surface area contributed by atoms with Gasteiger partial charge in [0.05, 0.1) is 21.7 Å². The van der Waals surface area contributed by atoms with E-state index in [0.717, 1.165) is 18.2 Å². The zero-order valence-corrected chi connectivity index (χ0v) is 16.3. The highest BCUT2D eigenvalue weighted by Gasteiger charge is 2.34. The minimum Gasteiger partial charge on any atom is -0.327 e. The molecular formula is C19H22Cl2N4O. The van der Waals surface area contributed by atoms with E-state index in [1.807, 2.05) is 11.8 Å². The van der Waals surface area contributed by atoms with Crippen LogP contribution in [-0.4, -0.2) is 32.1 Å². The Morgan fingerprint density at radius 3 is 2.58 bits per heavy atom. The predicted molar refractivity (Wildman–Crippen MR) is 102 cm³/mol. The summed E-state index contributed by atoms with van der Waals surface area (Å²) in [5, 5.41) is 9.64. The van der Waals surface area contributed by atoms with Crippen molar-refractivity contribution < 1.29 is 4.79 Å². The van der Waals surface area contributed by atoms with E-state index < -0.39 is 0 Å². The number of amides is 1. The molecule has 1 aliphatic heterocycles. The molecule has 2 aliphatic rings. The Morgan fingerprint density at radius 2 is 1.81 bits per heavy atom. The molecule has 0 N–H and O–H groups in total. The number of benzene rings is 1. The second-order valence-corrected chi connectivity index (χ2v) is 7.96. The van der Waals surface area contributed by atoms with Gasteiger partial charge in [0.15, 0.2) is 5.82 Å². The predicted octanol–water partition coefficient (Wildman–Crippen LogP) is 4.85. The van der Waals surface area contributed by atoms with E-state index >= 15 is 0 Å². The zero-order chi connectivity index (χ0) is 18.3. The van der Waals surface area contributed by atoms with E-state index in [-0.39, 0.29) is 11.9 Å². The normalized spacial score (nSPS) is 20.9. The molecule has 0 unspecified atom stereocenters. The number of hydrogen-bond donors (Lipinski definition) is 0. The van der Waals surface area contributed by atoms with Crippen molar-refractivity contribution in [1.82, 2.24) is 19.7 Å². The van der Waals surface area contributed by atoms with Crippen LogP contribution in [0.5, 0.6) is 0 Å². The first-order chi connectivity index (χ1) is 12.6. The van der Waals surface area contributed by atoms with Gasteiger partial charge in [0.2, 0.25) is 0 Å². The van der Waals surface area contributed by atoms with Gasteiger partial charge in [-0.05, 0) is 31.9 Å². The Hall–Kier alpha value is -1.59. The number of carbonyl (C=O) groups excluding carboxylic acids is 1. The third-order valence-corrected chi connectivity index (χ3v) is 6.45. The number of rotatable bonds is 2. The quantitative estimate of drug-likeness (QED) is 0.733. The van der Waals surface area contributed by atoms with Crippen molar-refractivity contribution in [3.63, 3.8) is 0 Å². The first-order valence-corrected chi connectivity index (χ1v) is 10.0. The SMILES string of the molecule is C[C@@H]1c2nnc(C3CCCCC3)n2CCN1C(=O)c1cccc(Cl)c1Cl. The number of nitrogens with zero attached hydrogens (tertiary/aromatic N) is 4. The molecule has 1 amide bonds. The van der Waals surface area contributed by atoms with Crippen molar-refractivity contribution in [3.8, 4) is 0 Å². The van der Waals surface area contributed by atoms with Crippen LogP contribution < -0.4 is 0 Å². The van der Waals surface area contributed by atoms with Crippen LogP contribution in [0.1, 0.15) is 73.0 Å². The second-order valence-electron chi connectivity index (χ2n) is 7.18. The third kappa shape index (κ3) is 3.01. The highest BCUT2D eigenvalue weighted by Crippen LogP contribution is 2.35. The molecule has 2 heterocycles. The van der Waals surface area contributed by atoms with Crippen molar-refractivity contribution in [1.29, 1.82) is 0 Å². The van der Waals surface area contributed by atoms with Crippen LogP contribution in [0.15, 0.2) is 18.2 Å². The lowest BCUT2D eigenvalue weighted by molar-refractivity contribution is 0.0635. The third-order valence-electron chi connectivity index (χ3n) is 5.63.